The lowest BCUT2D eigenvalue weighted by molar-refractivity contribution is 0.0663. The van der Waals surface area contributed by atoms with Gasteiger partial charge in [0.1, 0.15) is 0 Å². The van der Waals surface area contributed by atoms with E-state index in [9.17, 15) is 4.79 Å². The Morgan fingerprint density at radius 3 is 2.60 bits per heavy atom. The average Bonchev–Trinajstić information content (AvgIpc) is 2.48. The van der Waals surface area contributed by atoms with E-state index in [2.05, 4.69) is 6.92 Å². The fourth-order valence-electron chi connectivity index (χ4n) is 2.50. The summed E-state index contributed by atoms with van der Waals surface area (Å²) in [6, 6.07) is 5.43. The van der Waals surface area contributed by atoms with Crippen LogP contribution in [0.2, 0.25) is 0 Å². The molecule has 110 valence electrons. The van der Waals surface area contributed by atoms with Crippen molar-refractivity contribution in [2.24, 2.45) is 11.7 Å². The molecule has 1 aliphatic rings. The summed E-state index contributed by atoms with van der Waals surface area (Å²) >= 11 is 0. The molecule has 5 nitrogen and oxygen atoms in total. The van der Waals surface area contributed by atoms with Crippen molar-refractivity contribution in [2.75, 3.05) is 27.3 Å². The minimum absolute atomic E-state index is 0.0182. The topological polar surface area (TPSA) is 64.8 Å². The number of hydrogen-bond donors (Lipinski definition) is 1. The van der Waals surface area contributed by atoms with Gasteiger partial charge in [-0.2, -0.15) is 0 Å². The summed E-state index contributed by atoms with van der Waals surface area (Å²) in [7, 11) is 3.14. The highest BCUT2D eigenvalue weighted by atomic mass is 16.5. The van der Waals surface area contributed by atoms with Crippen LogP contribution in [0.1, 0.15) is 23.7 Å². The quantitative estimate of drug-likeness (QED) is 0.910. The van der Waals surface area contributed by atoms with E-state index in [0.29, 0.717) is 36.1 Å². The summed E-state index contributed by atoms with van der Waals surface area (Å²) in [5.74, 6) is 1.54. The van der Waals surface area contributed by atoms with Gasteiger partial charge in [-0.1, -0.05) is 6.92 Å². The lowest BCUT2D eigenvalue weighted by atomic mass is 9.94. The number of nitrogens with two attached hydrogens (primary N) is 1. The lowest BCUT2D eigenvalue weighted by Crippen LogP contribution is -2.48. The van der Waals surface area contributed by atoms with Crippen LogP contribution in [0, 0.1) is 5.92 Å². The molecule has 1 saturated heterocycles. The molecule has 2 unspecified atom stereocenters. The van der Waals surface area contributed by atoms with Crippen LogP contribution in [0.5, 0.6) is 11.5 Å². The van der Waals surface area contributed by atoms with Gasteiger partial charge in [0, 0.05) is 24.7 Å². The number of carbonyl (C=O) groups excluding carboxylic acids is 1. The van der Waals surface area contributed by atoms with Gasteiger partial charge in [-0.05, 0) is 30.5 Å². The molecule has 1 amide bonds. The largest absolute Gasteiger partial charge is 0.493 e. The molecule has 1 heterocycles. The molecule has 20 heavy (non-hydrogen) atoms. The second-order valence-electron chi connectivity index (χ2n) is 5.25. The zero-order valence-corrected chi connectivity index (χ0v) is 12.3. The molecule has 1 aromatic rings. The highest BCUT2D eigenvalue weighted by Gasteiger charge is 2.27. The van der Waals surface area contributed by atoms with Crippen LogP contribution in [0.4, 0.5) is 0 Å². The van der Waals surface area contributed by atoms with E-state index >= 15 is 0 Å². The molecule has 0 bridgehead atoms. The Balaban J connectivity index is 2.17. The first-order chi connectivity index (χ1) is 9.56. The second kappa shape index (κ2) is 6.13. The smallest absolute Gasteiger partial charge is 0.254 e. The maximum atomic E-state index is 12.5. The monoisotopic (exact) mass is 278 g/mol. The summed E-state index contributed by atoms with van der Waals surface area (Å²) in [5, 5.41) is 0. The predicted molar refractivity (Wildman–Crippen MR) is 77.2 cm³/mol. The van der Waals surface area contributed by atoms with Crippen molar-refractivity contribution in [1.29, 1.82) is 0 Å². The van der Waals surface area contributed by atoms with E-state index in [1.807, 2.05) is 4.90 Å². The molecule has 1 aromatic carbocycles. The number of amides is 1. The molecule has 2 atom stereocenters. The first kappa shape index (κ1) is 14.7. The van der Waals surface area contributed by atoms with Crippen molar-refractivity contribution in [3.05, 3.63) is 23.8 Å². The van der Waals surface area contributed by atoms with Gasteiger partial charge in [0.05, 0.1) is 14.2 Å². The number of likely N-dealkylation sites (tertiary alicyclic amines) is 1. The van der Waals surface area contributed by atoms with Crippen LogP contribution < -0.4 is 15.2 Å². The van der Waals surface area contributed by atoms with E-state index in [0.717, 1.165) is 6.42 Å². The third-order valence-electron chi connectivity index (χ3n) is 3.89. The van der Waals surface area contributed by atoms with Crippen LogP contribution >= 0.6 is 0 Å². The second-order valence-corrected chi connectivity index (χ2v) is 5.25. The van der Waals surface area contributed by atoms with Gasteiger partial charge in [0.25, 0.3) is 5.91 Å². The van der Waals surface area contributed by atoms with Crippen LogP contribution in [0.3, 0.4) is 0 Å². The minimum Gasteiger partial charge on any atom is -0.493 e. The number of piperidine rings is 1. The van der Waals surface area contributed by atoms with Gasteiger partial charge in [-0.3, -0.25) is 4.79 Å². The van der Waals surface area contributed by atoms with Gasteiger partial charge in [0.15, 0.2) is 11.5 Å². The lowest BCUT2D eigenvalue weighted by Gasteiger charge is -2.35. The van der Waals surface area contributed by atoms with E-state index in [1.54, 1.807) is 32.4 Å². The number of hydrogen-bond acceptors (Lipinski definition) is 4. The first-order valence-electron chi connectivity index (χ1n) is 6.83. The van der Waals surface area contributed by atoms with Crippen molar-refractivity contribution < 1.29 is 14.3 Å². The molecule has 0 saturated carbocycles. The van der Waals surface area contributed by atoms with E-state index < -0.39 is 0 Å². The summed E-state index contributed by atoms with van der Waals surface area (Å²) < 4.78 is 10.4. The summed E-state index contributed by atoms with van der Waals surface area (Å²) in [4.78, 5) is 14.4. The van der Waals surface area contributed by atoms with Gasteiger partial charge in [0.2, 0.25) is 0 Å². The fraction of sp³-hybridized carbons (Fsp3) is 0.533. The standard InChI is InChI=1S/C15H22N2O3/c1-10-9-17(7-6-12(10)16)15(18)11-4-5-13(19-2)14(8-11)20-3/h4-5,8,10,12H,6-7,9,16H2,1-3H3. The zero-order valence-electron chi connectivity index (χ0n) is 12.3. The number of rotatable bonds is 3. The first-order valence-corrected chi connectivity index (χ1v) is 6.83. The highest BCUT2D eigenvalue weighted by molar-refractivity contribution is 5.95. The molecular formula is C15H22N2O3. The highest BCUT2D eigenvalue weighted by Crippen LogP contribution is 2.28. The number of benzene rings is 1. The van der Waals surface area contributed by atoms with Crippen LogP contribution in [0.15, 0.2) is 18.2 Å². The van der Waals surface area contributed by atoms with Crippen molar-refractivity contribution in [3.8, 4) is 11.5 Å². The van der Waals surface area contributed by atoms with Crippen molar-refractivity contribution in [2.45, 2.75) is 19.4 Å². The van der Waals surface area contributed by atoms with E-state index in [1.165, 1.54) is 0 Å². The predicted octanol–water partition coefficient (Wildman–Crippen LogP) is 1.51. The third-order valence-corrected chi connectivity index (χ3v) is 3.89. The van der Waals surface area contributed by atoms with Gasteiger partial charge >= 0.3 is 0 Å². The summed E-state index contributed by atoms with van der Waals surface area (Å²) in [6.45, 7) is 3.49. The Kier molecular flexibility index (Phi) is 4.49. The molecule has 1 aliphatic heterocycles. The SMILES string of the molecule is COc1ccc(C(=O)N2CCC(N)C(C)C2)cc1OC. The van der Waals surface area contributed by atoms with Gasteiger partial charge < -0.3 is 20.1 Å². The Morgan fingerprint density at radius 2 is 2.00 bits per heavy atom. The molecule has 2 rings (SSSR count). The van der Waals surface area contributed by atoms with Crippen LogP contribution in [-0.4, -0.2) is 44.2 Å². The maximum absolute atomic E-state index is 12.5. The Hall–Kier alpha value is -1.75. The Labute approximate surface area is 119 Å². The van der Waals surface area contributed by atoms with Crippen LogP contribution in [-0.2, 0) is 0 Å². The number of carbonyl (C=O) groups is 1. The van der Waals surface area contributed by atoms with Crippen molar-refractivity contribution >= 4 is 5.91 Å². The third kappa shape index (κ3) is 2.88. The summed E-state index contributed by atoms with van der Waals surface area (Å²) in [5.41, 5.74) is 6.60. The fourth-order valence-corrected chi connectivity index (χ4v) is 2.50. The van der Waals surface area contributed by atoms with Crippen molar-refractivity contribution in [1.82, 2.24) is 4.90 Å². The molecular weight excluding hydrogens is 256 g/mol. The molecule has 1 fully saturated rings. The molecule has 0 radical (unpaired) electrons. The van der Waals surface area contributed by atoms with E-state index in [-0.39, 0.29) is 11.9 Å². The molecule has 2 N–H and O–H groups in total. The molecule has 0 aromatic heterocycles. The minimum atomic E-state index is 0.0182. The van der Waals surface area contributed by atoms with Crippen molar-refractivity contribution in [3.63, 3.8) is 0 Å². The van der Waals surface area contributed by atoms with Gasteiger partial charge in [-0.25, -0.2) is 0 Å². The average molecular weight is 278 g/mol. The Bertz CT molecular complexity index is 490. The number of methoxy groups -OCH3 is 2. The molecule has 5 heteroatoms. The number of ether oxygens (including phenoxy) is 2. The van der Waals surface area contributed by atoms with Crippen LogP contribution in [0.25, 0.3) is 0 Å². The summed E-state index contributed by atoms with van der Waals surface area (Å²) in [6.07, 6.45) is 0.847. The maximum Gasteiger partial charge on any atom is 0.254 e. The molecule has 0 spiro atoms. The Morgan fingerprint density at radius 1 is 1.30 bits per heavy atom. The molecule has 0 aliphatic carbocycles. The zero-order chi connectivity index (χ0) is 14.7. The number of nitrogens with zero attached hydrogens (tertiary/aromatic N) is 1. The van der Waals surface area contributed by atoms with E-state index in [4.69, 9.17) is 15.2 Å². The normalized spacial score (nSPS) is 22.5. The van der Waals surface area contributed by atoms with Gasteiger partial charge in [-0.15, -0.1) is 0 Å².